The average molecular weight is 498 g/mol. The third-order valence-electron chi connectivity index (χ3n) is 4.97. The van der Waals surface area contributed by atoms with Gasteiger partial charge in [-0.15, -0.1) is 6.42 Å². The lowest BCUT2D eigenvalue weighted by Crippen LogP contribution is -2.54. The van der Waals surface area contributed by atoms with Crippen molar-refractivity contribution in [2.45, 2.75) is 71.1 Å². The summed E-state index contributed by atoms with van der Waals surface area (Å²) in [7, 11) is 0. The highest BCUT2D eigenvalue weighted by molar-refractivity contribution is 5.95. The van der Waals surface area contributed by atoms with Crippen LogP contribution in [0.2, 0.25) is 0 Å². The summed E-state index contributed by atoms with van der Waals surface area (Å²) in [6, 6.07) is 5.66. The van der Waals surface area contributed by atoms with E-state index in [0.29, 0.717) is 17.7 Å². The van der Waals surface area contributed by atoms with Crippen LogP contribution >= 0.6 is 0 Å². The van der Waals surface area contributed by atoms with Crippen LogP contribution in [0.3, 0.4) is 0 Å². The number of unbranched alkanes of at least 4 members (excludes halogenated alkanes) is 2. The van der Waals surface area contributed by atoms with Crippen LogP contribution in [0.25, 0.3) is 0 Å². The van der Waals surface area contributed by atoms with Gasteiger partial charge in [0, 0.05) is 12.1 Å². The second-order valence-electron chi connectivity index (χ2n) is 9.13. The maximum Gasteiger partial charge on any atom is 0.408 e. The van der Waals surface area contributed by atoms with E-state index in [4.69, 9.17) is 16.9 Å². The number of primary amides is 1. The van der Waals surface area contributed by atoms with E-state index >= 15 is 0 Å². The number of carbonyl (C=O) groups is 4. The molecule has 0 heterocycles. The summed E-state index contributed by atoms with van der Waals surface area (Å²) in [6.45, 7) is 6.77. The molecule has 10 nitrogen and oxygen atoms in total. The molecule has 0 spiro atoms. The quantitative estimate of drug-likeness (QED) is 0.228. The van der Waals surface area contributed by atoms with Gasteiger partial charge in [-0.25, -0.2) is 4.79 Å². The first-order valence-corrected chi connectivity index (χ1v) is 11.7. The van der Waals surface area contributed by atoms with E-state index in [1.807, 2.05) is 13.0 Å². The van der Waals surface area contributed by atoms with Gasteiger partial charge in [0.05, 0.1) is 12.5 Å². The van der Waals surface area contributed by atoms with Crippen LogP contribution in [-0.2, 0) is 19.1 Å². The van der Waals surface area contributed by atoms with Gasteiger partial charge in [-0.05, 0) is 38.8 Å². The standard InChI is InChI=1S/C26H35N5O5/c1-6-8-11-15-29-23(33)22(19-13-10-9-12-18(19)7-2)31(16-14-27)24(34)20(17-21(28)32)30-25(35)36-26(3,4)5/h2,9-10,12-13,20,22H,6,8,11,15-17H2,1,3-5H3,(H2,28,32)(H,29,33)(H,30,35). The minimum absolute atomic E-state index is 0.326. The Balaban J connectivity index is 3.47. The molecular weight excluding hydrogens is 462 g/mol. The molecule has 0 aromatic heterocycles. The molecule has 2 unspecified atom stereocenters. The van der Waals surface area contributed by atoms with Crippen molar-refractivity contribution in [1.82, 2.24) is 15.5 Å². The Morgan fingerprint density at radius 2 is 1.86 bits per heavy atom. The molecule has 0 saturated carbocycles. The van der Waals surface area contributed by atoms with Crippen molar-refractivity contribution in [3.8, 4) is 18.4 Å². The second kappa shape index (κ2) is 14.4. The first-order chi connectivity index (χ1) is 16.9. The Morgan fingerprint density at radius 3 is 2.42 bits per heavy atom. The number of alkyl carbamates (subject to hydrolysis) is 1. The van der Waals surface area contributed by atoms with Crippen molar-refractivity contribution in [2.75, 3.05) is 13.1 Å². The Labute approximate surface area is 212 Å². The van der Waals surface area contributed by atoms with Crippen LogP contribution in [0.15, 0.2) is 24.3 Å². The summed E-state index contributed by atoms with van der Waals surface area (Å²) in [5.41, 5.74) is 5.13. The van der Waals surface area contributed by atoms with E-state index in [2.05, 4.69) is 16.6 Å². The highest BCUT2D eigenvalue weighted by Crippen LogP contribution is 2.26. The third kappa shape index (κ3) is 9.67. The lowest BCUT2D eigenvalue weighted by atomic mass is 9.97. The van der Waals surface area contributed by atoms with Crippen molar-refractivity contribution >= 4 is 23.8 Å². The summed E-state index contributed by atoms with van der Waals surface area (Å²) in [4.78, 5) is 52.1. The van der Waals surface area contributed by atoms with Gasteiger partial charge in [0.25, 0.3) is 0 Å². The van der Waals surface area contributed by atoms with Gasteiger partial charge >= 0.3 is 6.09 Å². The highest BCUT2D eigenvalue weighted by Gasteiger charge is 2.37. The number of nitriles is 1. The number of nitrogens with zero attached hydrogens (tertiary/aromatic N) is 2. The lowest BCUT2D eigenvalue weighted by molar-refractivity contribution is -0.142. The number of carbonyl (C=O) groups excluding carboxylic acids is 4. The fourth-order valence-corrected chi connectivity index (χ4v) is 3.42. The molecule has 4 amide bonds. The van der Waals surface area contributed by atoms with Gasteiger partial charge in [-0.2, -0.15) is 5.26 Å². The lowest BCUT2D eigenvalue weighted by Gasteiger charge is -2.33. The van der Waals surface area contributed by atoms with Gasteiger partial charge in [0.15, 0.2) is 0 Å². The van der Waals surface area contributed by atoms with Crippen molar-refractivity contribution in [3.63, 3.8) is 0 Å². The molecule has 0 saturated heterocycles. The average Bonchev–Trinajstić information content (AvgIpc) is 2.79. The zero-order chi connectivity index (χ0) is 27.3. The normalized spacial score (nSPS) is 12.3. The van der Waals surface area contributed by atoms with Crippen LogP contribution in [0.1, 0.15) is 70.5 Å². The number of terminal acetylenes is 1. The van der Waals surface area contributed by atoms with Gasteiger partial charge in [-0.3, -0.25) is 14.4 Å². The van der Waals surface area contributed by atoms with Crippen molar-refractivity contribution in [1.29, 1.82) is 5.26 Å². The molecule has 0 aliphatic heterocycles. The van der Waals surface area contributed by atoms with Crippen LogP contribution in [0.4, 0.5) is 4.79 Å². The maximum atomic E-state index is 13.6. The summed E-state index contributed by atoms with van der Waals surface area (Å²) >= 11 is 0. The van der Waals surface area contributed by atoms with E-state index in [9.17, 15) is 24.4 Å². The SMILES string of the molecule is C#Cc1ccccc1C(C(=O)NCCCCC)N(CC#N)C(=O)C(CC(N)=O)NC(=O)OC(C)(C)C. The first kappa shape index (κ1) is 30.0. The predicted octanol–water partition coefficient (Wildman–Crippen LogP) is 2.14. The molecule has 0 aliphatic carbocycles. The summed E-state index contributed by atoms with van der Waals surface area (Å²) in [6.07, 6.45) is 6.69. The number of amides is 4. The number of nitrogens with two attached hydrogens (primary N) is 1. The molecule has 1 rings (SSSR count). The first-order valence-electron chi connectivity index (χ1n) is 11.7. The Bertz CT molecular complexity index is 1020. The molecule has 2 atom stereocenters. The zero-order valence-electron chi connectivity index (χ0n) is 21.3. The van der Waals surface area contributed by atoms with E-state index in [0.717, 1.165) is 24.2 Å². The van der Waals surface area contributed by atoms with E-state index < -0.39 is 54.5 Å². The van der Waals surface area contributed by atoms with Crippen molar-refractivity contribution < 1.29 is 23.9 Å². The molecule has 0 fully saturated rings. The molecular formula is C26H35N5O5. The summed E-state index contributed by atoms with van der Waals surface area (Å²) in [5, 5.41) is 14.7. The minimum Gasteiger partial charge on any atom is -0.444 e. The highest BCUT2D eigenvalue weighted by atomic mass is 16.6. The summed E-state index contributed by atoms with van der Waals surface area (Å²) < 4.78 is 5.20. The van der Waals surface area contributed by atoms with Crippen LogP contribution in [0, 0.1) is 23.7 Å². The van der Waals surface area contributed by atoms with Crippen molar-refractivity contribution in [2.24, 2.45) is 5.73 Å². The number of benzene rings is 1. The fraction of sp³-hybridized carbons (Fsp3) is 0.500. The largest absolute Gasteiger partial charge is 0.444 e. The molecule has 0 radical (unpaired) electrons. The van der Waals surface area contributed by atoms with E-state index in [1.165, 1.54) is 0 Å². The molecule has 36 heavy (non-hydrogen) atoms. The van der Waals surface area contributed by atoms with Gasteiger partial charge < -0.3 is 26.0 Å². The smallest absolute Gasteiger partial charge is 0.408 e. The van der Waals surface area contributed by atoms with Crippen LogP contribution in [-0.4, -0.2) is 53.4 Å². The Hall–Kier alpha value is -4.05. The molecule has 194 valence electrons. The molecule has 10 heteroatoms. The molecule has 0 aliphatic rings. The van der Waals surface area contributed by atoms with Crippen LogP contribution < -0.4 is 16.4 Å². The van der Waals surface area contributed by atoms with Crippen LogP contribution in [0.5, 0.6) is 0 Å². The summed E-state index contributed by atoms with van der Waals surface area (Å²) in [5.74, 6) is 0.220. The fourth-order valence-electron chi connectivity index (χ4n) is 3.42. The monoisotopic (exact) mass is 497 g/mol. The molecule has 4 N–H and O–H groups in total. The van der Waals surface area contributed by atoms with E-state index in [-0.39, 0.29) is 0 Å². The van der Waals surface area contributed by atoms with Gasteiger partial charge in [0.2, 0.25) is 17.7 Å². The number of nitrogens with one attached hydrogen (secondary N) is 2. The Kier molecular flexibility index (Phi) is 12.0. The number of hydrogen-bond donors (Lipinski definition) is 3. The van der Waals surface area contributed by atoms with E-state index in [1.54, 1.807) is 45.0 Å². The third-order valence-corrected chi connectivity index (χ3v) is 4.97. The predicted molar refractivity (Wildman–Crippen MR) is 134 cm³/mol. The van der Waals surface area contributed by atoms with Gasteiger partial charge in [-0.1, -0.05) is 43.9 Å². The topological polar surface area (TPSA) is 155 Å². The van der Waals surface area contributed by atoms with Gasteiger partial charge in [0.1, 0.15) is 24.2 Å². The molecule has 0 bridgehead atoms. The number of rotatable bonds is 12. The minimum atomic E-state index is -1.47. The molecule has 1 aromatic carbocycles. The second-order valence-corrected chi connectivity index (χ2v) is 9.13. The Morgan fingerprint density at radius 1 is 1.19 bits per heavy atom. The van der Waals surface area contributed by atoms with Crippen molar-refractivity contribution in [3.05, 3.63) is 35.4 Å². The number of ether oxygens (including phenoxy) is 1. The zero-order valence-corrected chi connectivity index (χ0v) is 21.3. The maximum absolute atomic E-state index is 13.6. The number of hydrogen-bond acceptors (Lipinski definition) is 6. The molecule has 1 aromatic rings.